The van der Waals surface area contributed by atoms with E-state index >= 15 is 0 Å². The topological polar surface area (TPSA) is 75.7 Å². The van der Waals surface area contributed by atoms with Gasteiger partial charge in [-0.3, -0.25) is 14.4 Å². The van der Waals surface area contributed by atoms with Gasteiger partial charge in [0, 0.05) is 29.2 Å². The highest BCUT2D eigenvalue weighted by molar-refractivity contribution is 7.98. The van der Waals surface area contributed by atoms with E-state index in [1.165, 1.54) is 0 Å². The van der Waals surface area contributed by atoms with Gasteiger partial charge in [-0.05, 0) is 55.5 Å². The van der Waals surface area contributed by atoms with Gasteiger partial charge in [-0.2, -0.15) is 0 Å². The molecule has 1 saturated heterocycles. The second-order valence-electron chi connectivity index (χ2n) is 7.01. The van der Waals surface area contributed by atoms with Gasteiger partial charge in [0.05, 0.1) is 5.92 Å². The van der Waals surface area contributed by atoms with Crippen LogP contribution in [0, 0.1) is 19.8 Å². The van der Waals surface area contributed by atoms with Crippen LogP contribution in [0.4, 0.5) is 11.4 Å². The molecule has 0 aromatic heterocycles. The van der Waals surface area contributed by atoms with Crippen LogP contribution in [0.1, 0.15) is 17.5 Å². The van der Waals surface area contributed by atoms with Crippen LogP contribution in [0.3, 0.4) is 0 Å². The molecule has 1 heterocycles. The molecule has 6 nitrogen and oxygen atoms in total. The summed E-state index contributed by atoms with van der Waals surface area (Å²) in [5.74, 6) is -1.63. The molecule has 0 bridgehead atoms. The molecule has 0 aliphatic carbocycles. The molecule has 2 aromatic rings. The minimum Gasteiger partial charge on any atom is -0.455 e. The van der Waals surface area contributed by atoms with Gasteiger partial charge in [0.2, 0.25) is 5.91 Å². The minimum atomic E-state index is -0.575. The number of anilines is 2. The fourth-order valence-electron chi connectivity index (χ4n) is 3.22. The van der Waals surface area contributed by atoms with Crippen LogP contribution in [0.25, 0.3) is 0 Å². The maximum atomic E-state index is 12.4. The number of thioether (sulfide) groups is 1. The van der Waals surface area contributed by atoms with Crippen LogP contribution in [0.2, 0.25) is 0 Å². The lowest BCUT2D eigenvalue weighted by atomic mass is 10.1. The Labute approximate surface area is 174 Å². The largest absolute Gasteiger partial charge is 0.455 e. The lowest BCUT2D eigenvalue weighted by Crippen LogP contribution is -2.28. The van der Waals surface area contributed by atoms with Crippen LogP contribution in [0.5, 0.6) is 0 Å². The second-order valence-corrected chi connectivity index (χ2v) is 7.89. The van der Waals surface area contributed by atoms with E-state index in [2.05, 4.69) is 5.32 Å². The molecule has 1 N–H and O–H groups in total. The molecule has 0 spiro atoms. The van der Waals surface area contributed by atoms with Gasteiger partial charge < -0.3 is 15.0 Å². The van der Waals surface area contributed by atoms with Crippen LogP contribution in [0.15, 0.2) is 47.4 Å². The van der Waals surface area contributed by atoms with E-state index in [0.29, 0.717) is 5.69 Å². The Hall–Kier alpha value is -2.80. The smallest absolute Gasteiger partial charge is 0.311 e. The number of carbonyl (C=O) groups excluding carboxylic acids is 3. The first-order valence-corrected chi connectivity index (χ1v) is 10.6. The first kappa shape index (κ1) is 20.9. The summed E-state index contributed by atoms with van der Waals surface area (Å²) in [6.07, 6.45) is 2.05. The summed E-state index contributed by atoms with van der Waals surface area (Å²) in [4.78, 5) is 39.5. The number of hydrogen-bond acceptors (Lipinski definition) is 5. The van der Waals surface area contributed by atoms with Crippen LogP contribution < -0.4 is 10.2 Å². The molecule has 2 amide bonds. The molecule has 1 aliphatic heterocycles. The van der Waals surface area contributed by atoms with Gasteiger partial charge >= 0.3 is 5.97 Å². The van der Waals surface area contributed by atoms with Gasteiger partial charge in [0.15, 0.2) is 6.61 Å². The summed E-state index contributed by atoms with van der Waals surface area (Å²) in [6, 6.07) is 13.2. The van der Waals surface area contributed by atoms with Crippen molar-refractivity contribution in [3.8, 4) is 0 Å². The molecular formula is C22H24N2O4S. The number of benzene rings is 2. The monoisotopic (exact) mass is 412 g/mol. The molecule has 2 aromatic carbocycles. The summed E-state index contributed by atoms with van der Waals surface area (Å²) >= 11 is 1.59. The number of carbonyl (C=O) groups is 3. The Morgan fingerprint density at radius 1 is 1.21 bits per heavy atom. The van der Waals surface area contributed by atoms with Crippen LogP contribution >= 0.6 is 11.8 Å². The normalized spacial score (nSPS) is 16.0. The molecule has 1 atom stereocenters. The summed E-state index contributed by atoms with van der Waals surface area (Å²) in [6.45, 7) is 3.76. The summed E-state index contributed by atoms with van der Waals surface area (Å²) in [5, 5.41) is 2.76. The van der Waals surface area contributed by atoms with Gasteiger partial charge in [0.1, 0.15) is 0 Å². The predicted molar refractivity (Wildman–Crippen MR) is 114 cm³/mol. The van der Waals surface area contributed by atoms with Crippen molar-refractivity contribution in [3.63, 3.8) is 0 Å². The van der Waals surface area contributed by atoms with Crippen LogP contribution in [-0.4, -0.2) is 37.2 Å². The van der Waals surface area contributed by atoms with Crippen molar-refractivity contribution in [2.24, 2.45) is 5.92 Å². The number of hydrogen-bond donors (Lipinski definition) is 1. The average Bonchev–Trinajstić information content (AvgIpc) is 3.11. The molecule has 7 heteroatoms. The molecule has 3 rings (SSSR count). The van der Waals surface area contributed by atoms with E-state index < -0.39 is 17.8 Å². The summed E-state index contributed by atoms with van der Waals surface area (Å²) < 4.78 is 5.17. The Bertz CT molecular complexity index is 944. The number of ether oxygens (including phenoxy) is 1. The molecule has 0 radical (unpaired) electrons. The zero-order chi connectivity index (χ0) is 21.0. The van der Waals surface area contributed by atoms with E-state index in [9.17, 15) is 14.4 Å². The molecule has 0 unspecified atom stereocenters. The number of rotatable bonds is 6. The van der Waals surface area contributed by atoms with Gasteiger partial charge in [-0.25, -0.2) is 0 Å². The Balaban J connectivity index is 1.55. The zero-order valence-electron chi connectivity index (χ0n) is 16.7. The lowest BCUT2D eigenvalue weighted by Gasteiger charge is -2.17. The first-order chi connectivity index (χ1) is 13.9. The number of nitrogens with one attached hydrogen (secondary N) is 1. The maximum absolute atomic E-state index is 12.4. The third-order valence-electron chi connectivity index (χ3n) is 5.05. The Morgan fingerprint density at radius 2 is 1.97 bits per heavy atom. The van der Waals surface area contributed by atoms with E-state index in [1.807, 2.05) is 56.5 Å². The fraction of sp³-hybridized carbons (Fsp3) is 0.318. The molecule has 29 heavy (non-hydrogen) atoms. The molecular weight excluding hydrogens is 388 g/mol. The summed E-state index contributed by atoms with van der Waals surface area (Å²) in [5.41, 5.74) is 3.50. The van der Waals surface area contributed by atoms with Gasteiger partial charge in [0.25, 0.3) is 5.91 Å². The van der Waals surface area contributed by atoms with Crippen LogP contribution in [-0.2, 0) is 19.1 Å². The molecule has 152 valence electrons. The fourth-order valence-corrected chi connectivity index (χ4v) is 3.67. The molecule has 1 fully saturated rings. The van der Waals surface area contributed by atoms with Crippen molar-refractivity contribution >= 4 is 40.9 Å². The van der Waals surface area contributed by atoms with Crippen molar-refractivity contribution in [1.82, 2.24) is 0 Å². The predicted octanol–water partition coefficient (Wildman–Crippen LogP) is 3.56. The highest BCUT2D eigenvalue weighted by Crippen LogP contribution is 2.28. The maximum Gasteiger partial charge on any atom is 0.311 e. The number of nitrogens with zero attached hydrogens (tertiary/aromatic N) is 1. The quantitative estimate of drug-likeness (QED) is 0.580. The van der Waals surface area contributed by atoms with E-state index in [0.717, 1.165) is 21.7 Å². The summed E-state index contributed by atoms with van der Waals surface area (Å²) in [7, 11) is 0. The van der Waals surface area contributed by atoms with Crippen molar-refractivity contribution in [2.75, 3.05) is 29.6 Å². The van der Waals surface area contributed by atoms with Crippen molar-refractivity contribution in [3.05, 3.63) is 53.6 Å². The number of esters is 1. The van der Waals surface area contributed by atoms with E-state index in [4.69, 9.17) is 4.74 Å². The highest BCUT2D eigenvalue weighted by Gasteiger charge is 2.36. The Morgan fingerprint density at radius 3 is 2.72 bits per heavy atom. The van der Waals surface area contributed by atoms with Crippen molar-refractivity contribution < 1.29 is 19.1 Å². The SMILES string of the molecule is CSc1cccc(N2C[C@@H](C(=O)OCC(=O)Nc3cccc(C)c3C)CC2=O)c1. The third kappa shape index (κ3) is 4.98. The van der Waals surface area contributed by atoms with Crippen molar-refractivity contribution in [2.45, 2.75) is 25.2 Å². The zero-order valence-corrected chi connectivity index (χ0v) is 17.5. The van der Waals surface area contributed by atoms with Crippen molar-refractivity contribution in [1.29, 1.82) is 0 Å². The third-order valence-corrected chi connectivity index (χ3v) is 5.77. The second kappa shape index (κ2) is 9.13. The minimum absolute atomic E-state index is 0.0843. The average molecular weight is 413 g/mol. The van der Waals surface area contributed by atoms with E-state index in [-0.39, 0.29) is 25.5 Å². The Kier molecular flexibility index (Phi) is 6.59. The molecule has 1 aliphatic rings. The number of aryl methyl sites for hydroxylation is 1. The van der Waals surface area contributed by atoms with E-state index in [1.54, 1.807) is 22.7 Å². The van der Waals surface area contributed by atoms with Gasteiger partial charge in [-0.1, -0.05) is 18.2 Å². The van der Waals surface area contributed by atoms with Gasteiger partial charge in [-0.15, -0.1) is 11.8 Å². The highest BCUT2D eigenvalue weighted by atomic mass is 32.2. The number of amides is 2. The first-order valence-electron chi connectivity index (χ1n) is 9.36. The lowest BCUT2D eigenvalue weighted by molar-refractivity contribution is -0.151. The molecule has 0 saturated carbocycles. The standard InChI is InChI=1S/C22H24N2O4S/c1-14-6-4-9-19(15(14)2)23-20(25)13-28-22(27)16-10-21(26)24(12-16)17-7-5-8-18(11-17)29-3/h4-9,11,16H,10,12-13H2,1-3H3,(H,23,25)/t16-/m0/s1.